The lowest BCUT2D eigenvalue weighted by molar-refractivity contribution is 0.134. The van der Waals surface area contributed by atoms with Gasteiger partial charge in [0.25, 0.3) is 0 Å². The number of nitrogens with zero attached hydrogens (tertiary/aromatic N) is 1. The first-order chi connectivity index (χ1) is 6.13. The molecule has 1 rings (SSSR count). The molecular formula is C9H13FN2O. The van der Waals surface area contributed by atoms with Crippen LogP contribution in [0.4, 0.5) is 15.8 Å². The smallest absolute Gasteiger partial charge is 0.127 e. The molecule has 0 aliphatic heterocycles. The van der Waals surface area contributed by atoms with E-state index in [9.17, 15) is 4.39 Å². The summed E-state index contributed by atoms with van der Waals surface area (Å²) in [4.78, 5) is 5.15. The van der Waals surface area contributed by atoms with Crippen molar-refractivity contribution in [2.75, 3.05) is 24.5 Å². The molecule has 3 nitrogen and oxygen atoms in total. The van der Waals surface area contributed by atoms with E-state index in [4.69, 9.17) is 10.6 Å². The minimum atomic E-state index is -0.360. The summed E-state index contributed by atoms with van der Waals surface area (Å²) in [5.74, 6) is -0.360. The number of hydrogen-bond acceptors (Lipinski definition) is 3. The Morgan fingerprint density at radius 2 is 2.15 bits per heavy atom. The Bertz CT molecular complexity index is 271. The van der Waals surface area contributed by atoms with Crippen LogP contribution in [0.25, 0.3) is 0 Å². The van der Waals surface area contributed by atoms with E-state index in [0.717, 1.165) is 0 Å². The van der Waals surface area contributed by atoms with Crippen LogP contribution in [-0.4, -0.2) is 13.7 Å². The van der Waals surface area contributed by atoms with E-state index in [0.29, 0.717) is 18.0 Å². The van der Waals surface area contributed by atoms with Crippen LogP contribution >= 0.6 is 0 Å². The van der Waals surface area contributed by atoms with Crippen molar-refractivity contribution < 1.29 is 9.23 Å². The van der Waals surface area contributed by atoms with Crippen molar-refractivity contribution >= 4 is 11.4 Å². The van der Waals surface area contributed by atoms with Gasteiger partial charge in [-0.25, -0.2) is 4.39 Å². The molecule has 4 heteroatoms. The summed E-state index contributed by atoms with van der Waals surface area (Å²) in [6.07, 6.45) is 0. The molecule has 0 aliphatic rings. The van der Waals surface area contributed by atoms with Crippen LogP contribution in [0.15, 0.2) is 18.2 Å². The normalized spacial score (nSPS) is 10.1. The van der Waals surface area contributed by atoms with Crippen molar-refractivity contribution in [2.45, 2.75) is 6.92 Å². The van der Waals surface area contributed by atoms with Crippen molar-refractivity contribution in [2.24, 2.45) is 0 Å². The Labute approximate surface area is 76.9 Å². The molecule has 0 heterocycles. The fourth-order valence-electron chi connectivity index (χ4n) is 1.05. The third-order valence-corrected chi connectivity index (χ3v) is 1.59. The zero-order chi connectivity index (χ0) is 9.84. The maximum atomic E-state index is 12.9. The maximum Gasteiger partial charge on any atom is 0.127 e. The number of hydrogen-bond donors (Lipinski definition) is 1. The molecule has 0 saturated heterocycles. The summed E-state index contributed by atoms with van der Waals surface area (Å²) >= 11 is 0. The molecule has 0 saturated carbocycles. The average Bonchev–Trinajstić information content (AvgIpc) is 2.03. The van der Waals surface area contributed by atoms with Crippen molar-refractivity contribution in [3.63, 3.8) is 0 Å². The predicted octanol–water partition coefficient (Wildman–Crippen LogP) is 1.80. The van der Waals surface area contributed by atoms with Crippen LogP contribution in [0, 0.1) is 5.82 Å². The maximum absolute atomic E-state index is 12.9. The quantitative estimate of drug-likeness (QED) is 0.575. The summed E-state index contributed by atoms with van der Waals surface area (Å²) in [7, 11) is 1.71. The summed E-state index contributed by atoms with van der Waals surface area (Å²) in [5.41, 5.74) is 6.47. The molecule has 0 aliphatic carbocycles. The molecule has 0 aromatic heterocycles. The highest BCUT2D eigenvalue weighted by molar-refractivity contribution is 5.54. The molecule has 0 fully saturated rings. The average molecular weight is 184 g/mol. The van der Waals surface area contributed by atoms with E-state index >= 15 is 0 Å². The Balaban J connectivity index is 2.87. The van der Waals surface area contributed by atoms with E-state index in [1.807, 2.05) is 6.92 Å². The molecule has 13 heavy (non-hydrogen) atoms. The molecule has 1 aromatic carbocycles. The highest BCUT2D eigenvalue weighted by Gasteiger charge is 2.03. The molecular weight excluding hydrogens is 171 g/mol. The fourth-order valence-corrected chi connectivity index (χ4v) is 1.05. The van der Waals surface area contributed by atoms with Gasteiger partial charge in [-0.15, -0.1) is 0 Å². The summed E-state index contributed by atoms with van der Waals surface area (Å²) < 4.78 is 12.9. The van der Waals surface area contributed by atoms with Crippen LogP contribution in [0.2, 0.25) is 0 Å². The van der Waals surface area contributed by atoms with Gasteiger partial charge in [0.15, 0.2) is 0 Å². The zero-order valence-electron chi connectivity index (χ0n) is 7.75. The van der Waals surface area contributed by atoms with Crippen LogP contribution in [0.5, 0.6) is 0 Å². The lowest BCUT2D eigenvalue weighted by Gasteiger charge is -2.17. The number of nitrogen functional groups attached to an aromatic ring is 1. The van der Waals surface area contributed by atoms with E-state index in [2.05, 4.69) is 0 Å². The molecule has 72 valence electrons. The molecule has 0 amide bonds. The van der Waals surface area contributed by atoms with E-state index in [1.54, 1.807) is 13.1 Å². The predicted molar refractivity (Wildman–Crippen MR) is 50.8 cm³/mol. The number of benzene rings is 1. The highest BCUT2D eigenvalue weighted by Crippen LogP contribution is 2.18. The number of anilines is 2. The van der Waals surface area contributed by atoms with E-state index in [1.165, 1.54) is 17.2 Å². The number of nitrogens with two attached hydrogens (primary N) is 1. The molecule has 0 unspecified atom stereocenters. The van der Waals surface area contributed by atoms with Gasteiger partial charge in [0.2, 0.25) is 0 Å². The molecule has 1 aromatic rings. The van der Waals surface area contributed by atoms with Crippen molar-refractivity contribution in [3.05, 3.63) is 24.0 Å². The number of hydroxylamine groups is 1. The molecule has 0 atom stereocenters. The van der Waals surface area contributed by atoms with Gasteiger partial charge in [-0.05, 0) is 25.1 Å². The van der Waals surface area contributed by atoms with Crippen molar-refractivity contribution in [3.8, 4) is 0 Å². The summed E-state index contributed by atoms with van der Waals surface area (Å²) in [6, 6.07) is 4.29. The molecule has 2 N–H and O–H groups in total. The topological polar surface area (TPSA) is 38.5 Å². The van der Waals surface area contributed by atoms with Gasteiger partial charge < -0.3 is 5.73 Å². The van der Waals surface area contributed by atoms with Crippen LogP contribution in [0.3, 0.4) is 0 Å². The SMILES string of the molecule is CCON(C)c1cc(N)cc(F)c1. The van der Waals surface area contributed by atoms with Crippen LogP contribution in [-0.2, 0) is 4.84 Å². The Hall–Kier alpha value is -1.29. The van der Waals surface area contributed by atoms with Gasteiger partial charge in [-0.1, -0.05) is 0 Å². The Morgan fingerprint density at radius 1 is 1.46 bits per heavy atom. The summed E-state index contributed by atoms with van der Waals surface area (Å²) in [5, 5.41) is 1.49. The zero-order valence-corrected chi connectivity index (χ0v) is 7.75. The van der Waals surface area contributed by atoms with Crippen LogP contribution in [0.1, 0.15) is 6.92 Å². The third-order valence-electron chi connectivity index (χ3n) is 1.59. The largest absolute Gasteiger partial charge is 0.399 e. The number of halogens is 1. The van der Waals surface area contributed by atoms with Gasteiger partial charge in [0, 0.05) is 12.7 Å². The second-order valence-electron chi connectivity index (χ2n) is 2.66. The van der Waals surface area contributed by atoms with E-state index < -0.39 is 0 Å². The second kappa shape index (κ2) is 4.09. The molecule has 0 spiro atoms. The first kappa shape index (κ1) is 9.80. The standard InChI is InChI=1S/C9H13FN2O/c1-3-13-12(2)9-5-7(10)4-8(11)6-9/h4-6H,3,11H2,1-2H3. The Morgan fingerprint density at radius 3 is 2.69 bits per heavy atom. The van der Waals surface area contributed by atoms with Crippen molar-refractivity contribution in [1.82, 2.24) is 0 Å². The monoisotopic (exact) mass is 184 g/mol. The minimum absolute atomic E-state index is 0.360. The first-order valence-corrected chi connectivity index (χ1v) is 4.06. The Kier molecular flexibility index (Phi) is 3.08. The summed E-state index contributed by atoms with van der Waals surface area (Å²) in [6.45, 7) is 2.39. The fraction of sp³-hybridized carbons (Fsp3) is 0.333. The van der Waals surface area contributed by atoms with Gasteiger partial charge in [-0.2, -0.15) is 0 Å². The van der Waals surface area contributed by atoms with E-state index in [-0.39, 0.29) is 5.82 Å². The van der Waals surface area contributed by atoms with Gasteiger partial charge in [-0.3, -0.25) is 9.90 Å². The van der Waals surface area contributed by atoms with Gasteiger partial charge in [0.05, 0.1) is 12.3 Å². The van der Waals surface area contributed by atoms with Crippen molar-refractivity contribution in [1.29, 1.82) is 0 Å². The van der Waals surface area contributed by atoms with Gasteiger partial charge >= 0.3 is 0 Å². The second-order valence-corrected chi connectivity index (χ2v) is 2.66. The van der Waals surface area contributed by atoms with Gasteiger partial charge in [0.1, 0.15) is 5.82 Å². The first-order valence-electron chi connectivity index (χ1n) is 4.06. The minimum Gasteiger partial charge on any atom is -0.399 e. The number of rotatable bonds is 3. The lowest BCUT2D eigenvalue weighted by Crippen LogP contribution is -2.17. The lowest BCUT2D eigenvalue weighted by atomic mass is 10.3. The van der Waals surface area contributed by atoms with Crippen LogP contribution < -0.4 is 10.8 Å². The molecule has 0 bridgehead atoms. The molecule has 0 radical (unpaired) electrons. The highest BCUT2D eigenvalue weighted by atomic mass is 19.1. The third kappa shape index (κ3) is 2.59.